The lowest BCUT2D eigenvalue weighted by Gasteiger charge is -2.00. The number of aromatic amines is 1. The molecule has 14 heavy (non-hydrogen) atoms. The van der Waals surface area contributed by atoms with Crippen molar-refractivity contribution >= 4 is 29.6 Å². The van der Waals surface area contributed by atoms with Crippen LogP contribution in [0.1, 0.15) is 11.6 Å². The molecule has 4 heteroatoms. The van der Waals surface area contributed by atoms with E-state index >= 15 is 0 Å². The molecule has 74 valence electrons. The maximum absolute atomic E-state index is 10.5. The van der Waals surface area contributed by atoms with Gasteiger partial charge in [0.1, 0.15) is 6.29 Å². The molecule has 1 atom stereocenters. The average molecular weight is 211 g/mol. The van der Waals surface area contributed by atoms with Crippen LogP contribution >= 0.6 is 12.4 Å². The SMILES string of the molecule is Cl.NC(C=O)c1c[nH]c2ccccc12. The number of rotatable bonds is 2. The molecule has 0 saturated heterocycles. The lowest BCUT2D eigenvalue weighted by atomic mass is 10.1. The van der Waals surface area contributed by atoms with Crippen LogP contribution < -0.4 is 5.73 Å². The van der Waals surface area contributed by atoms with Crippen LogP contribution in [0.2, 0.25) is 0 Å². The number of nitrogens with one attached hydrogen (secondary N) is 1. The predicted molar refractivity (Wildman–Crippen MR) is 58.5 cm³/mol. The van der Waals surface area contributed by atoms with Crippen LogP contribution in [0, 0.1) is 0 Å². The van der Waals surface area contributed by atoms with Crippen molar-refractivity contribution < 1.29 is 4.79 Å². The van der Waals surface area contributed by atoms with Crippen LogP contribution in [0.15, 0.2) is 30.5 Å². The molecule has 1 aromatic carbocycles. The molecule has 1 heterocycles. The van der Waals surface area contributed by atoms with E-state index in [1.807, 2.05) is 24.3 Å². The van der Waals surface area contributed by atoms with Crippen molar-refractivity contribution in [1.82, 2.24) is 4.98 Å². The van der Waals surface area contributed by atoms with Gasteiger partial charge in [0.25, 0.3) is 0 Å². The Labute approximate surface area is 87.7 Å². The first kappa shape index (κ1) is 10.8. The number of hydrogen-bond acceptors (Lipinski definition) is 2. The third-order valence-electron chi connectivity index (χ3n) is 2.13. The van der Waals surface area contributed by atoms with Crippen LogP contribution in [0.5, 0.6) is 0 Å². The number of hydrogen-bond donors (Lipinski definition) is 2. The standard InChI is InChI=1S/C10H10N2O.ClH/c11-9(6-13)8-5-12-10-4-2-1-3-7(8)10;/h1-6,9,12H,11H2;1H. The van der Waals surface area contributed by atoms with Gasteiger partial charge in [0, 0.05) is 22.7 Å². The summed E-state index contributed by atoms with van der Waals surface area (Å²) >= 11 is 0. The molecule has 0 radical (unpaired) electrons. The summed E-state index contributed by atoms with van der Waals surface area (Å²) in [5, 5.41) is 1.02. The van der Waals surface area contributed by atoms with Gasteiger partial charge < -0.3 is 15.5 Å². The number of aromatic nitrogens is 1. The van der Waals surface area contributed by atoms with Crippen molar-refractivity contribution in [2.45, 2.75) is 6.04 Å². The number of aldehydes is 1. The zero-order valence-corrected chi connectivity index (χ0v) is 8.25. The van der Waals surface area contributed by atoms with E-state index in [9.17, 15) is 4.79 Å². The highest BCUT2D eigenvalue weighted by Gasteiger charge is 2.09. The van der Waals surface area contributed by atoms with Crippen LogP contribution in [0.3, 0.4) is 0 Å². The lowest BCUT2D eigenvalue weighted by molar-refractivity contribution is -0.108. The highest BCUT2D eigenvalue weighted by molar-refractivity contribution is 5.86. The number of fused-ring (bicyclic) bond motifs is 1. The van der Waals surface area contributed by atoms with Gasteiger partial charge in [-0.15, -0.1) is 12.4 Å². The fourth-order valence-electron chi connectivity index (χ4n) is 1.44. The first-order valence-electron chi connectivity index (χ1n) is 4.10. The summed E-state index contributed by atoms with van der Waals surface area (Å²) in [5.41, 5.74) is 7.48. The first-order chi connectivity index (χ1) is 6.33. The van der Waals surface area contributed by atoms with Crippen molar-refractivity contribution in [2.24, 2.45) is 5.73 Å². The molecule has 3 N–H and O–H groups in total. The molecule has 2 aromatic rings. The summed E-state index contributed by atoms with van der Waals surface area (Å²) < 4.78 is 0. The molecular weight excluding hydrogens is 200 g/mol. The number of H-pyrrole nitrogens is 1. The second-order valence-electron chi connectivity index (χ2n) is 2.95. The predicted octanol–water partition coefficient (Wildman–Crippen LogP) is 1.79. The Kier molecular flexibility index (Phi) is 3.28. The van der Waals surface area contributed by atoms with Crippen LogP contribution in [-0.2, 0) is 4.79 Å². The van der Waals surface area contributed by atoms with E-state index in [1.165, 1.54) is 0 Å². The Morgan fingerprint density at radius 3 is 2.79 bits per heavy atom. The largest absolute Gasteiger partial charge is 0.361 e. The third-order valence-corrected chi connectivity index (χ3v) is 2.13. The lowest BCUT2D eigenvalue weighted by Crippen LogP contribution is -2.10. The van der Waals surface area contributed by atoms with Gasteiger partial charge >= 0.3 is 0 Å². The van der Waals surface area contributed by atoms with Gasteiger partial charge in [-0.3, -0.25) is 0 Å². The molecule has 0 aliphatic rings. The summed E-state index contributed by atoms with van der Waals surface area (Å²) in [7, 11) is 0. The quantitative estimate of drug-likeness (QED) is 0.743. The minimum Gasteiger partial charge on any atom is -0.361 e. The van der Waals surface area contributed by atoms with Crippen molar-refractivity contribution in [2.75, 3.05) is 0 Å². The molecule has 0 aliphatic carbocycles. The second kappa shape index (κ2) is 4.26. The highest BCUT2D eigenvalue weighted by atomic mass is 35.5. The maximum Gasteiger partial charge on any atom is 0.141 e. The topological polar surface area (TPSA) is 58.9 Å². The third kappa shape index (κ3) is 1.64. The average Bonchev–Trinajstić information content (AvgIpc) is 2.60. The van der Waals surface area contributed by atoms with Gasteiger partial charge in [-0.25, -0.2) is 0 Å². The van der Waals surface area contributed by atoms with E-state index in [1.54, 1.807) is 6.20 Å². The van der Waals surface area contributed by atoms with E-state index in [0.29, 0.717) is 0 Å². The number of carbonyl (C=O) groups excluding carboxylic acids is 1. The molecule has 0 spiro atoms. The van der Waals surface area contributed by atoms with Crippen molar-refractivity contribution in [3.05, 3.63) is 36.0 Å². The van der Waals surface area contributed by atoms with E-state index in [-0.39, 0.29) is 12.4 Å². The Balaban J connectivity index is 0.000000980. The summed E-state index contributed by atoms with van der Waals surface area (Å²) in [6, 6.07) is 7.24. The fourth-order valence-corrected chi connectivity index (χ4v) is 1.44. The zero-order chi connectivity index (χ0) is 9.26. The second-order valence-corrected chi connectivity index (χ2v) is 2.95. The number of nitrogens with two attached hydrogens (primary N) is 1. The molecule has 0 amide bonds. The van der Waals surface area contributed by atoms with Gasteiger partial charge in [0.15, 0.2) is 0 Å². The zero-order valence-electron chi connectivity index (χ0n) is 7.44. The van der Waals surface area contributed by atoms with E-state index in [2.05, 4.69) is 4.98 Å². The molecule has 2 rings (SSSR count). The summed E-state index contributed by atoms with van der Waals surface area (Å²) in [4.78, 5) is 13.6. The normalized spacial score (nSPS) is 12.1. The molecule has 1 aromatic heterocycles. The summed E-state index contributed by atoms with van der Waals surface area (Å²) in [6.45, 7) is 0. The van der Waals surface area contributed by atoms with Gasteiger partial charge in [-0.1, -0.05) is 18.2 Å². The Morgan fingerprint density at radius 2 is 2.07 bits per heavy atom. The maximum atomic E-state index is 10.5. The smallest absolute Gasteiger partial charge is 0.141 e. The molecule has 0 aliphatic heterocycles. The number of carbonyl (C=O) groups is 1. The molecule has 1 unspecified atom stereocenters. The van der Waals surface area contributed by atoms with E-state index in [4.69, 9.17) is 5.73 Å². The Bertz CT molecular complexity index is 438. The Hall–Kier alpha value is -1.32. The minimum absolute atomic E-state index is 0. The minimum atomic E-state index is -0.531. The van der Waals surface area contributed by atoms with Gasteiger partial charge in [-0.2, -0.15) is 0 Å². The van der Waals surface area contributed by atoms with Crippen LogP contribution in [-0.4, -0.2) is 11.3 Å². The summed E-state index contributed by atoms with van der Waals surface area (Å²) in [6.07, 6.45) is 2.53. The molecule has 3 nitrogen and oxygen atoms in total. The number of para-hydroxylation sites is 1. The van der Waals surface area contributed by atoms with Gasteiger partial charge in [0.2, 0.25) is 0 Å². The highest BCUT2D eigenvalue weighted by Crippen LogP contribution is 2.21. The van der Waals surface area contributed by atoms with Gasteiger partial charge in [0.05, 0.1) is 6.04 Å². The molecule has 0 saturated carbocycles. The summed E-state index contributed by atoms with van der Waals surface area (Å²) in [5.74, 6) is 0. The number of halogens is 1. The van der Waals surface area contributed by atoms with Crippen molar-refractivity contribution in [1.29, 1.82) is 0 Å². The van der Waals surface area contributed by atoms with E-state index in [0.717, 1.165) is 22.8 Å². The molecule has 0 fully saturated rings. The molecule has 0 bridgehead atoms. The van der Waals surface area contributed by atoms with Crippen LogP contribution in [0.4, 0.5) is 0 Å². The first-order valence-corrected chi connectivity index (χ1v) is 4.10. The fraction of sp³-hybridized carbons (Fsp3) is 0.100. The Morgan fingerprint density at radius 1 is 1.36 bits per heavy atom. The number of benzene rings is 1. The van der Waals surface area contributed by atoms with Crippen LogP contribution in [0.25, 0.3) is 10.9 Å². The van der Waals surface area contributed by atoms with Crippen molar-refractivity contribution in [3.63, 3.8) is 0 Å². The van der Waals surface area contributed by atoms with Crippen molar-refractivity contribution in [3.8, 4) is 0 Å². The monoisotopic (exact) mass is 210 g/mol. The molecular formula is C10H11ClN2O. The van der Waals surface area contributed by atoms with E-state index < -0.39 is 6.04 Å². The van der Waals surface area contributed by atoms with Gasteiger partial charge in [-0.05, 0) is 6.07 Å².